The number of hydrogen-bond acceptors (Lipinski definition) is 3. The summed E-state index contributed by atoms with van der Waals surface area (Å²) in [6.07, 6.45) is 0. The van der Waals surface area contributed by atoms with E-state index in [1.165, 1.54) is 0 Å². The Morgan fingerprint density at radius 3 is 2.32 bits per heavy atom. The minimum Gasteiger partial charge on any atom is -0.409 e. The molecule has 0 saturated carbocycles. The van der Waals surface area contributed by atoms with Crippen LogP contribution in [0.25, 0.3) is 0 Å². The van der Waals surface area contributed by atoms with Gasteiger partial charge in [-0.15, -0.1) is 0 Å². The fourth-order valence-corrected chi connectivity index (χ4v) is 1.97. The van der Waals surface area contributed by atoms with Crippen molar-refractivity contribution >= 4 is 11.7 Å². The zero-order chi connectivity index (χ0) is 14.4. The molecule has 5 heteroatoms. The van der Waals surface area contributed by atoms with Gasteiger partial charge in [0, 0.05) is 0 Å². The Morgan fingerprint density at radius 1 is 1.26 bits per heavy atom. The van der Waals surface area contributed by atoms with Gasteiger partial charge >= 0.3 is 0 Å². The van der Waals surface area contributed by atoms with Crippen molar-refractivity contribution in [2.24, 2.45) is 22.7 Å². The van der Waals surface area contributed by atoms with Crippen molar-refractivity contribution in [1.29, 1.82) is 0 Å². The molecule has 0 aliphatic rings. The topological polar surface area (TPSA) is 87.7 Å². The number of nitrogens with one attached hydrogen (secondary N) is 1. The van der Waals surface area contributed by atoms with E-state index < -0.39 is 5.92 Å². The summed E-state index contributed by atoms with van der Waals surface area (Å²) < 4.78 is 0. The first kappa shape index (κ1) is 15.0. The second kappa shape index (κ2) is 6.78. The van der Waals surface area contributed by atoms with E-state index in [1.807, 2.05) is 51.1 Å². The second-order valence-electron chi connectivity index (χ2n) is 4.89. The first-order valence-electron chi connectivity index (χ1n) is 6.30. The van der Waals surface area contributed by atoms with Crippen LogP contribution in [0.2, 0.25) is 0 Å². The molecular weight excluding hydrogens is 242 g/mol. The van der Waals surface area contributed by atoms with Crippen LogP contribution in [-0.2, 0) is 4.79 Å². The molecule has 0 aliphatic carbocycles. The highest BCUT2D eigenvalue weighted by atomic mass is 16.4. The summed E-state index contributed by atoms with van der Waals surface area (Å²) >= 11 is 0. The second-order valence-corrected chi connectivity index (χ2v) is 4.89. The van der Waals surface area contributed by atoms with Crippen molar-refractivity contribution in [3.05, 3.63) is 35.9 Å². The Kier molecular flexibility index (Phi) is 5.36. The molecule has 4 N–H and O–H groups in total. The highest BCUT2D eigenvalue weighted by Gasteiger charge is 2.27. The van der Waals surface area contributed by atoms with E-state index in [1.54, 1.807) is 0 Å². The van der Waals surface area contributed by atoms with Crippen molar-refractivity contribution in [3.63, 3.8) is 0 Å². The van der Waals surface area contributed by atoms with E-state index in [-0.39, 0.29) is 23.7 Å². The van der Waals surface area contributed by atoms with E-state index in [0.717, 1.165) is 5.56 Å². The summed E-state index contributed by atoms with van der Waals surface area (Å²) in [6, 6.07) is 9.52. The molecule has 1 amide bonds. The number of carbonyl (C=O) groups excluding carboxylic acids is 1. The van der Waals surface area contributed by atoms with Gasteiger partial charge in [-0.2, -0.15) is 0 Å². The SMILES string of the molecule is CC(NC(=O)C(C(N)=NO)C(C)C)c1ccccc1. The quantitative estimate of drug-likeness (QED) is 0.328. The average Bonchev–Trinajstić information content (AvgIpc) is 2.39. The standard InChI is InChI=1S/C14H21N3O2/c1-9(2)12(13(15)17-19)14(18)16-10(3)11-7-5-4-6-8-11/h4-10,12,19H,1-3H3,(H2,15,17)(H,16,18). The molecule has 1 rings (SSSR count). The highest BCUT2D eigenvalue weighted by Crippen LogP contribution is 2.16. The summed E-state index contributed by atoms with van der Waals surface area (Å²) in [4.78, 5) is 12.2. The van der Waals surface area contributed by atoms with Crippen LogP contribution in [0.5, 0.6) is 0 Å². The molecule has 0 radical (unpaired) electrons. The number of nitrogens with zero attached hydrogens (tertiary/aromatic N) is 1. The van der Waals surface area contributed by atoms with Crippen LogP contribution in [0.15, 0.2) is 35.5 Å². The zero-order valence-electron chi connectivity index (χ0n) is 11.5. The lowest BCUT2D eigenvalue weighted by Gasteiger charge is -2.22. The molecule has 0 heterocycles. The first-order valence-corrected chi connectivity index (χ1v) is 6.30. The van der Waals surface area contributed by atoms with E-state index in [9.17, 15) is 4.79 Å². The maximum atomic E-state index is 12.2. The van der Waals surface area contributed by atoms with Gasteiger partial charge < -0.3 is 16.3 Å². The Labute approximate surface area is 113 Å². The van der Waals surface area contributed by atoms with Crippen LogP contribution < -0.4 is 11.1 Å². The number of carbonyl (C=O) groups is 1. The summed E-state index contributed by atoms with van der Waals surface area (Å²) in [7, 11) is 0. The predicted molar refractivity (Wildman–Crippen MR) is 74.7 cm³/mol. The third-order valence-electron chi connectivity index (χ3n) is 3.04. The summed E-state index contributed by atoms with van der Waals surface area (Å²) in [6.45, 7) is 5.61. The third kappa shape index (κ3) is 3.98. The zero-order valence-corrected chi connectivity index (χ0v) is 11.5. The van der Waals surface area contributed by atoms with Crippen molar-refractivity contribution in [1.82, 2.24) is 5.32 Å². The van der Waals surface area contributed by atoms with Crippen molar-refractivity contribution in [2.75, 3.05) is 0 Å². The number of rotatable bonds is 5. The Bertz CT molecular complexity index is 443. The van der Waals surface area contributed by atoms with Crippen molar-refractivity contribution in [2.45, 2.75) is 26.8 Å². The molecule has 104 valence electrons. The molecular formula is C14H21N3O2. The monoisotopic (exact) mass is 263 g/mol. The predicted octanol–water partition coefficient (Wildman–Crippen LogP) is 1.88. The Morgan fingerprint density at radius 2 is 1.84 bits per heavy atom. The van der Waals surface area contributed by atoms with Crippen LogP contribution in [0.3, 0.4) is 0 Å². The smallest absolute Gasteiger partial charge is 0.231 e. The normalized spacial score (nSPS) is 15.1. The fourth-order valence-electron chi connectivity index (χ4n) is 1.97. The van der Waals surface area contributed by atoms with Gasteiger partial charge in [-0.25, -0.2) is 0 Å². The number of hydrogen-bond donors (Lipinski definition) is 3. The maximum Gasteiger partial charge on any atom is 0.231 e. The van der Waals surface area contributed by atoms with Gasteiger partial charge in [-0.3, -0.25) is 4.79 Å². The molecule has 0 aromatic heterocycles. The fraction of sp³-hybridized carbons (Fsp3) is 0.429. The van der Waals surface area contributed by atoms with Gasteiger partial charge in [-0.05, 0) is 18.4 Å². The van der Waals surface area contributed by atoms with Gasteiger partial charge in [-0.1, -0.05) is 49.3 Å². The number of amidine groups is 1. The molecule has 1 aromatic carbocycles. The van der Waals surface area contributed by atoms with Gasteiger partial charge in [0.2, 0.25) is 5.91 Å². The van der Waals surface area contributed by atoms with Crippen LogP contribution >= 0.6 is 0 Å². The van der Waals surface area contributed by atoms with Gasteiger partial charge in [0.05, 0.1) is 6.04 Å². The molecule has 2 unspecified atom stereocenters. The molecule has 0 aliphatic heterocycles. The lowest BCUT2D eigenvalue weighted by atomic mass is 9.93. The summed E-state index contributed by atoms with van der Waals surface area (Å²) in [5, 5.41) is 14.6. The highest BCUT2D eigenvalue weighted by molar-refractivity contribution is 6.02. The van der Waals surface area contributed by atoms with E-state index in [0.29, 0.717) is 0 Å². The molecule has 0 bridgehead atoms. The van der Waals surface area contributed by atoms with E-state index in [2.05, 4.69) is 10.5 Å². The van der Waals surface area contributed by atoms with Crippen molar-refractivity contribution in [3.8, 4) is 0 Å². The van der Waals surface area contributed by atoms with Crippen molar-refractivity contribution < 1.29 is 10.0 Å². The summed E-state index contributed by atoms with van der Waals surface area (Å²) in [5.74, 6) is -0.968. The van der Waals surface area contributed by atoms with Crippen LogP contribution in [-0.4, -0.2) is 17.0 Å². The van der Waals surface area contributed by atoms with Gasteiger partial charge in [0.15, 0.2) is 5.84 Å². The number of amides is 1. The minimum atomic E-state index is -0.629. The molecule has 0 spiro atoms. The minimum absolute atomic E-state index is 0.0427. The summed E-state index contributed by atoms with van der Waals surface area (Å²) in [5.41, 5.74) is 6.58. The molecule has 0 fully saturated rings. The lowest BCUT2D eigenvalue weighted by molar-refractivity contribution is -0.124. The Hall–Kier alpha value is -2.04. The average molecular weight is 263 g/mol. The van der Waals surface area contributed by atoms with Gasteiger partial charge in [0.25, 0.3) is 0 Å². The van der Waals surface area contributed by atoms with Crippen LogP contribution in [0.1, 0.15) is 32.4 Å². The van der Waals surface area contributed by atoms with E-state index >= 15 is 0 Å². The molecule has 1 aromatic rings. The number of oxime groups is 1. The first-order chi connectivity index (χ1) is 8.97. The molecule has 2 atom stereocenters. The van der Waals surface area contributed by atoms with Crippen LogP contribution in [0, 0.1) is 11.8 Å². The number of nitrogens with two attached hydrogens (primary N) is 1. The lowest BCUT2D eigenvalue weighted by Crippen LogP contribution is -2.42. The van der Waals surface area contributed by atoms with Gasteiger partial charge in [0.1, 0.15) is 5.92 Å². The molecule has 5 nitrogen and oxygen atoms in total. The van der Waals surface area contributed by atoms with Crippen LogP contribution in [0.4, 0.5) is 0 Å². The largest absolute Gasteiger partial charge is 0.409 e. The molecule has 0 saturated heterocycles. The number of benzene rings is 1. The van der Waals surface area contributed by atoms with E-state index in [4.69, 9.17) is 10.9 Å². The Balaban J connectivity index is 2.78. The third-order valence-corrected chi connectivity index (χ3v) is 3.04. The molecule has 19 heavy (non-hydrogen) atoms. The maximum absolute atomic E-state index is 12.2.